The van der Waals surface area contributed by atoms with Gasteiger partial charge in [0.05, 0.1) is 0 Å². The summed E-state index contributed by atoms with van der Waals surface area (Å²) >= 11 is 3.47. The number of hydrogen-bond acceptors (Lipinski definition) is 3. The molecule has 6 heteroatoms. The lowest BCUT2D eigenvalue weighted by atomic mass is 10.0. The lowest BCUT2D eigenvalue weighted by Gasteiger charge is -2.32. The Labute approximate surface area is 223 Å². The average molecular weight is 552 g/mol. The standard InChI is InChI=1S/C30H35BrN2O3/c1-20(2)32-30(35)27(17-24-9-7-6-8-10-24)33(18-25-11-13-26(31)14-12-25)29(34)19-36-28-16-21(3)15-22(4)23(28)5/h6-16,20,27H,17-19H2,1-5H3,(H,32,35). The number of carbonyl (C=O) groups excluding carboxylic acids is 2. The maximum Gasteiger partial charge on any atom is 0.261 e. The molecule has 1 atom stereocenters. The second kappa shape index (κ2) is 12.7. The van der Waals surface area contributed by atoms with Gasteiger partial charge in [-0.1, -0.05) is 64.5 Å². The number of benzene rings is 3. The van der Waals surface area contributed by atoms with E-state index in [0.717, 1.165) is 32.3 Å². The number of rotatable bonds is 10. The van der Waals surface area contributed by atoms with Crippen molar-refractivity contribution in [2.24, 2.45) is 0 Å². The summed E-state index contributed by atoms with van der Waals surface area (Å²) < 4.78 is 6.98. The van der Waals surface area contributed by atoms with Crippen molar-refractivity contribution in [3.05, 3.63) is 99.0 Å². The normalized spacial score (nSPS) is 11.8. The van der Waals surface area contributed by atoms with E-state index in [-0.39, 0.29) is 24.5 Å². The van der Waals surface area contributed by atoms with Crippen LogP contribution in [0.4, 0.5) is 0 Å². The molecule has 0 aliphatic carbocycles. The molecular formula is C30H35BrN2O3. The van der Waals surface area contributed by atoms with Gasteiger partial charge in [0.2, 0.25) is 5.91 Å². The fourth-order valence-corrected chi connectivity index (χ4v) is 4.36. The first-order valence-electron chi connectivity index (χ1n) is 12.2. The zero-order valence-electron chi connectivity index (χ0n) is 21.7. The van der Waals surface area contributed by atoms with E-state index in [1.165, 1.54) is 0 Å². The van der Waals surface area contributed by atoms with E-state index in [9.17, 15) is 9.59 Å². The Kier molecular flexibility index (Phi) is 9.71. The molecule has 3 rings (SSSR count). The second-order valence-corrected chi connectivity index (χ2v) is 10.4. The van der Waals surface area contributed by atoms with Gasteiger partial charge in [-0.2, -0.15) is 0 Å². The molecule has 0 aromatic heterocycles. The number of nitrogens with one attached hydrogen (secondary N) is 1. The van der Waals surface area contributed by atoms with Gasteiger partial charge in [-0.05, 0) is 80.6 Å². The molecular weight excluding hydrogens is 516 g/mol. The molecule has 0 bridgehead atoms. The molecule has 0 saturated carbocycles. The Hall–Kier alpha value is -3.12. The Bertz CT molecular complexity index is 1180. The molecule has 2 amide bonds. The van der Waals surface area contributed by atoms with Crippen molar-refractivity contribution in [2.45, 2.75) is 59.7 Å². The maximum atomic E-state index is 13.7. The SMILES string of the molecule is Cc1cc(C)c(C)c(OCC(=O)N(Cc2ccc(Br)cc2)C(Cc2ccccc2)C(=O)NC(C)C)c1. The molecule has 0 aliphatic rings. The summed E-state index contributed by atoms with van der Waals surface area (Å²) in [4.78, 5) is 28.8. The Morgan fingerprint density at radius 2 is 1.61 bits per heavy atom. The van der Waals surface area contributed by atoms with Crippen LogP contribution in [0.15, 0.2) is 71.2 Å². The summed E-state index contributed by atoms with van der Waals surface area (Å²) in [5, 5.41) is 3.01. The number of carbonyl (C=O) groups is 2. The van der Waals surface area contributed by atoms with Crippen LogP contribution in [-0.4, -0.2) is 35.4 Å². The first-order valence-corrected chi connectivity index (χ1v) is 13.0. The van der Waals surface area contributed by atoms with Crippen LogP contribution in [-0.2, 0) is 22.6 Å². The summed E-state index contributed by atoms with van der Waals surface area (Å²) in [7, 11) is 0. The molecule has 3 aromatic carbocycles. The van der Waals surface area contributed by atoms with Crippen LogP contribution in [0.1, 0.15) is 41.7 Å². The second-order valence-electron chi connectivity index (χ2n) is 9.51. The van der Waals surface area contributed by atoms with Gasteiger partial charge in [-0.25, -0.2) is 0 Å². The van der Waals surface area contributed by atoms with E-state index in [0.29, 0.717) is 18.7 Å². The molecule has 0 fully saturated rings. The highest BCUT2D eigenvalue weighted by molar-refractivity contribution is 9.10. The van der Waals surface area contributed by atoms with Crippen molar-refractivity contribution in [3.63, 3.8) is 0 Å². The molecule has 190 valence electrons. The van der Waals surface area contributed by atoms with Crippen LogP contribution >= 0.6 is 15.9 Å². The minimum atomic E-state index is -0.685. The highest BCUT2D eigenvalue weighted by Gasteiger charge is 2.31. The predicted octanol–water partition coefficient (Wildman–Crippen LogP) is 5.92. The van der Waals surface area contributed by atoms with Crippen LogP contribution < -0.4 is 10.1 Å². The third-order valence-corrected chi connectivity index (χ3v) is 6.61. The number of amides is 2. The van der Waals surface area contributed by atoms with Crippen LogP contribution in [0, 0.1) is 20.8 Å². The summed E-state index contributed by atoms with van der Waals surface area (Å²) in [6.45, 7) is 10.0. The van der Waals surface area contributed by atoms with E-state index >= 15 is 0 Å². The first-order chi connectivity index (χ1) is 17.1. The van der Waals surface area contributed by atoms with Gasteiger partial charge >= 0.3 is 0 Å². The number of aryl methyl sites for hydroxylation is 2. The van der Waals surface area contributed by atoms with Crippen LogP contribution in [0.2, 0.25) is 0 Å². The highest BCUT2D eigenvalue weighted by atomic mass is 79.9. The predicted molar refractivity (Wildman–Crippen MR) is 148 cm³/mol. The minimum absolute atomic E-state index is 0.0467. The van der Waals surface area contributed by atoms with Gasteiger partial charge in [-0.3, -0.25) is 9.59 Å². The van der Waals surface area contributed by atoms with Crippen LogP contribution in [0.25, 0.3) is 0 Å². The van der Waals surface area contributed by atoms with Gasteiger partial charge in [0.25, 0.3) is 5.91 Å². The van der Waals surface area contributed by atoms with Gasteiger partial charge in [-0.15, -0.1) is 0 Å². The molecule has 0 spiro atoms. The van der Waals surface area contributed by atoms with Crippen molar-refractivity contribution in [2.75, 3.05) is 6.61 Å². The summed E-state index contributed by atoms with van der Waals surface area (Å²) in [5.41, 5.74) is 5.12. The van der Waals surface area contributed by atoms with Crippen LogP contribution in [0.5, 0.6) is 5.75 Å². The lowest BCUT2D eigenvalue weighted by molar-refractivity contribution is -0.143. The smallest absolute Gasteiger partial charge is 0.261 e. The molecule has 0 radical (unpaired) electrons. The number of nitrogens with zero attached hydrogens (tertiary/aromatic N) is 1. The maximum absolute atomic E-state index is 13.7. The van der Waals surface area contributed by atoms with Crippen molar-refractivity contribution in [3.8, 4) is 5.75 Å². The van der Waals surface area contributed by atoms with E-state index in [1.807, 2.05) is 95.3 Å². The quantitative estimate of drug-likeness (QED) is 0.341. The molecule has 0 aliphatic heterocycles. The Morgan fingerprint density at radius 1 is 0.944 bits per heavy atom. The molecule has 5 nitrogen and oxygen atoms in total. The Balaban J connectivity index is 1.93. The topological polar surface area (TPSA) is 58.6 Å². The van der Waals surface area contributed by atoms with E-state index in [4.69, 9.17) is 4.74 Å². The average Bonchev–Trinajstić information content (AvgIpc) is 2.83. The van der Waals surface area contributed by atoms with Crippen molar-refractivity contribution in [1.29, 1.82) is 0 Å². The fourth-order valence-electron chi connectivity index (χ4n) is 4.09. The summed E-state index contributed by atoms with van der Waals surface area (Å²) in [6, 6.07) is 20.9. The minimum Gasteiger partial charge on any atom is -0.483 e. The number of hydrogen-bond donors (Lipinski definition) is 1. The Morgan fingerprint density at radius 3 is 2.25 bits per heavy atom. The third-order valence-electron chi connectivity index (χ3n) is 6.08. The summed E-state index contributed by atoms with van der Waals surface area (Å²) in [6.07, 6.45) is 0.407. The third kappa shape index (κ3) is 7.69. The van der Waals surface area contributed by atoms with Gasteiger partial charge in [0.1, 0.15) is 11.8 Å². The zero-order chi connectivity index (χ0) is 26.2. The van der Waals surface area contributed by atoms with E-state index in [1.54, 1.807) is 4.90 Å². The molecule has 1 unspecified atom stereocenters. The lowest BCUT2D eigenvalue weighted by Crippen LogP contribution is -2.52. The van der Waals surface area contributed by atoms with Crippen molar-refractivity contribution >= 4 is 27.7 Å². The van der Waals surface area contributed by atoms with Gasteiger partial charge in [0.15, 0.2) is 6.61 Å². The fraction of sp³-hybridized carbons (Fsp3) is 0.333. The molecule has 0 saturated heterocycles. The monoisotopic (exact) mass is 550 g/mol. The number of ether oxygens (including phenoxy) is 1. The molecule has 3 aromatic rings. The molecule has 0 heterocycles. The summed E-state index contributed by atoms with van der Waals surface area (Å²) in [5.74, 6) is 0.272. The van der Waals surface area contributed by atoms with E-state index < -0.39 is 6.04 Å². The van der Waals surface area contributed by atoms with Gasteiger partial charge in [0, 0.05) is 23.5 Å². The first kappa shape index (κ1) is 27.5. The van der Waals surface area contributed by atoms with E-state index in [2.05, 4.69) is 27.3 Å². The largest absolute Gasteiger partial charge is 0.483 e. The molecule has 1 N–H and O–H groups in total. The van der Waals surface area contributed by atoms with Crippen LogP contribution in [0.3, 0.4) is 0 Å². The van der Waals surface area contributed by atoms with Gasteiger partial charge < -0.3 is 15.0 Å². The molecule has 36 heavy (non-hydrogen) atoms. The number of halogens is 1. The van der Waals surface area contributed by atoms with Crippen molar-refractivity contribution in [1.82, 2.24) is 10.2 Å². The zero-order valence-corrected chi connectivity index (χ0v) is 23.3. The van der Waals surface area contributed by atoms with Crippen molar-refractivity contribution < 1.29 is 14.3 Å². The highest BCUT2D eigenvalue weighted by Crippen LogP contribution is 2.24.